The number of halogens is 1. The standard InChI is InChI=1S/C13H19FN2/c1-13(2)5-3-4-11(13)12(15)9-6-10(14)8-16-7-9/h6-8,11-12H,3-5,15H2,1-2H3. The van der Waals surface area contributed by atoms with Crippen molar-refractivity contribution in [2.45, 2.75) is 39.2 Å². The highest BCUT2D eigenvalue weighted by Gasteiger charge is 2.38. The fourth-order valence-electron chi connectivity index (χ4n) is 2.86. The molecule has 2 N–H and O–H groups in total. The maximum absolute atomic E-state index is 13.1. The lowest BCUT2D eigenvalue weighted by atomic mass is 9.76. The summed E-state index contributed by atoms with van der Waals surface area (Å²) in [5, 5.41) is 0. The van der Waals surface area contributed by atoms with Crippen molar-refractivity contribution in [2.75, 3.05) is 0 Å². The molecule has 1 aromatic rings. The number of rotatable bonds is 2. The fourth-order valence-corrected chi connectivity index (χ4v) is 2.86. The molecule has 0 saturated heterocycles. The van der Waals surface area contributed by atoms with Crippen LogP contribution in [0, 0.1) is 17.2 Å². The fraction of sp³-hybridized carbons (Fsp3) is 0.615. The summed E-state index contributed by atoms with van der Waals surface area (Å²) < 4.78 is 13.1. The van der Waals surface area contributed by atoms with Crippen LogP contribution in [0.4, 0.5) is 4.39 Å². The largest absolute Gasteiger partial charge is 0.324 e. The van der Waals surface area contributed by atoms with Crippen molar-refractivity contribution in [3.05, 3.63) is 29.8 Å². The molecule has 0 bridgehead atoms. The van der Waals surface area contributed by atoms with Crippen molar-refractivity contribution in [1.29, 1.82) is 0 Å². The molecule has 2 rings (SSSR count). The summed E-state index contributed by atoms with van der Waals surface area (Å²) in [6, 6.07) is 1.41. The number of hydrogen-bond donors (Lipinski definition) is 1. The summed E-state index contributed by atoms with van der Waals surface area (Å²) in [6.45, 7) is 4.49. The van der Waals surface area contributed by atoms with Gasteiger partial charge in [-0.15, -0.1) is 0 Å². The third-order valence-corrected chi connectivity index (χ3v) is 3.88. The second kappa shape index (κ2) is 4.13. The Balaban J connectivity index is 2.22. The predicted molar refractivity (Wildman–Crippen MR) is 62.2 cm³/mol. The summed E-state index contributed by atoms with van der Waals surface area (Å²) in [5.41, 5.74) is 7.31. The van der Waals surface area contributed by atoms with Crippen molar-refractivity contribution >= 4 is 0 Å². The van der Waals surface area contributed by atoms with Gasteiger partial charge in [-0.3, -0.25) is 4.98 Å². The molecule has 88 valence electrons. The average Bonchev–Trinajstić information content (AvgIpc) is 2.57. The van der Waals surface area contributed by atoms with E-state index in [2.05, 4.69) is 18.8 Å². The van der Waals surface area contributed by atoms with Gasteiger partial charge < -0.3 is 5.73 Å². The first-order valence-electron chi connectivity index (χ1n) is 5.87. The quantitative estimate of drug-likeness (QED) is 0.835. The number of pyridine rings is 1. The molecule has 0 aromatic carbocycles. The number of hydrogen-bond acceptors (Lipinski definition) is 2. The Kier molecular flexibility index (Phi) is 2.98. The Morgan fingerprint density at radius 1 is 1.50 bits per heavy atom. The molecule has 0 aliphatic heterocycles. The van der Waals surface area contributed by atoms with Gasteiger partial charge in [0.05, 0.1) is 6.20 Å². The smallest absolute Gasteiger partial charge is 0.141 e. The van der Waals surface area contributed by atoms with Crippen molar-refractivity contribution in [3.8, 4) is 0 Å². The zero-order chi connectivity index (χ0) is 11.8. The summed E-state index contributed by atoms with van der Waals surface area (Å²) in [7, 11) is 0. The minimum atomic E-state index is -0.302. The molecule has 1 saturated carbocycles. The highest BCUT2D eigenvalue weighted by molar-refractivity contribution is 5.17. The van der Waals surface area contributed by atoms with E-state index < -0.39 is 0 Å². The molecule has 1 aliphatic carbocycles. The first kappa shape index (κ1) is 11.5. The molecule has 2 nitrogen and oxygen atoms in total. The van der Waals surface area contributed by atoms with Gasteiger partial charge >= 0.3 is 0 Å². The molecule has 2 unspecified atom stereocenters. The van der Waals surface area contributed by atoms with E-state index >= 15 is 0 Å². The molecule has 0 radical (unpaired) electrons. The SMILES string of the molecule is CC1(C)CCCC1C(N)c1cncc(F)c1. The molecule has 1 aromatic heterocycles. The van der Waals surface area contributed by atoms with Gasteiger partial charge in [-0.05, 0) is 35.8 Å². The van der Waals surface area contributed by atoms with Crippen LogP contribution in [0.25, 0.3) is 0 Å². The van der Waals surface area contributed by atoms with Crippen LogP contribution in [0.1, 0.15) is 44.7 Å². The lowest BCUT2D eigenvalue weighted by molar-refractivity contribution is 0.221. The number of nitrogens with zero attached hydrogens (tertiary/aromatic N) is 1. The Morgan fingerprint density at radius 2 is 2.25 bits per heavy atom. The van der Waals surface area contributed by atoms with Crippen LogP contribution in [0.5, 0.6) is 0 Å². The normalized spacial score (nSPS) is 25.6. The van der Waals surface area contributed by atoms with Crippen molar-refractivity contribution in [2.24, 2.45) is 17.1 Å². The lowest BCUT2D eigenvalue weighted by Gasteiger charge is -2.32. The minimum absolute atomic E-state index is 0.0966. The van der Waals surface area contributed by atoms with E-state index in [4.69, 9.17) is 5.73 Å². The van der Waals surface area contributed by atoms with Gasteiger partial charge in [-0.1, -0.05) is 20.3 Å². The molecule has 0 amide bonds. The van der Waals surface area contributed by atoms with Gasteiger partial charge in [0.1, 0.15) is 5.82 Å². The molecule has 2 atom stereocenters. The molecular formula is C13H19FN2. The van der Waals surface area contributed by atoms with E-state index in [0.717, 1.165) is 12.0 Å². The van der Waals surface area contributed by atoms with Crippen LogP contribution in [-0.2, 0) is 0 Å². The molecule has 3 heteroatoms. The predicted octanol–water partition coefficient (Wildman–Crippen LogP) is 3.05. The van der Waals surface area contributed by atoms with E-state index in [1.807, 2.05) is 0 Å². The summed E-state index contributed by atoms with van der Waals surface area (Å²) in [5.74, 6) is 0.125. The van der Waals surface area contributed by atoms with E-state index in [-0.39, 0.29) is 17.3 Å². The lowest BCUT2D eigenvalue weighted by Crippen LogP contribution is -2.29. The van der Waals surface area contributed by atoms with E-state index in [0.29, 0.717) is 5.92 Å². The van der Waals surface area contributed by atoms with Gasteiger partial charge in [0.2, 0.25) is 0 Å². The number of nitrogens with two attached hydrogens (primary N) is 1. The van der Waals surface area contributed by atoms with Gasteiger partial charge in [0.25, 0.3) is 0 Å². The average molecular weight is 222 g/mol. The van der Waals surface area contributed by atoms with Crippen molar-refractivity contribution in [3.63, 3.8) is 0 Å². The molecule has 1 heterocycles. The van der Waals surface area contributed by atoms with E-state index in [1.54, 1.807) is 6.20 Å². The molecule has 16 heavy (non-hydrogen) atoms. The Hall–Kier alpha value is -0.960. The van der Waals surface area contributed by atoms with Gasteiger partial charge in [0, 0.05) is 12.2 Å². The topological polar surface area (TPSA) is 38.9 Å². The Morgan fingerprint density at radius 3 is 2.81 bits per heavy atom. The maximum atomic E-state index is 13.1. The Bertz CT molecular complexity index is 376. The molecule has 1 fully saturated rings. The Labute approximate surface area is 96.1 Å². The van der Waals surface area contributed by atoms with Gasteiger partial charge in [-0.25, -0.2) is 4.39 Å². The monoisotopic (exact) mass is 222 g/mol. The van der Waals surface area contributed by atoms with Gasteiger partial charge in [-0.2, -0.15) is 0 Å². The zero-order valence-electron chi connectivity index (χ0n) is 9.91. The van der Waals surface area contributed by atoms with Crippen LogP contribution in [0.3, 0.4) is 0 Å². The third kappa shape index (κ3) is 2.09. The molecule has 1 aliphatic rings. The number of aromatic nitrogens is 1. The van der Waals surface area contributed by atoms with E-state index in [1.165, 1.54) is 25.1 Å². The first-order chi connectivity index (χ1) is 7.50. The summed E-state index contributed by atoms with van der Waals surface area (Å²) in [6.07, 6.45) is 6.45. The maximum Gasteiger partial charge on any atom is 0.141 e. The summed E-state index contributed by atoms with van der Waals surface area (Å²) in [4.78, 5) is 3.87. The van der Waals surface area contributed by atoms with E-state index in [9.17, 15) is 4.39 Å². The molecule has 0 spiro atoms. The van der Waals surface area contributed by atoms with Crippen LogP contribution < -0.4 is 5.73 Å². The first-order valence-corrected chi connectivity index (χ1v) is 5.87. The van der Waals surface area contributed by atoms with Crippen LogP contribution in [0.2, 0.25) is 0 Å². The van der Waals surface area contributed by atoms with Crippen molar-refractivity contribution < 1.29 is 4.39 Å². The second-order valence-electron chi connectivity index (χ2n) is 5.45. The van der Waals surface area contributed by atoms with Crippen LogP contribution in [-0.4, -0.2) is 4.98 Å². The third-order valence-electron chi connectivity index (χ3n) is 3.88. The van der Waals surface area contributed by atoms with Crippen molar-refractivity contribution in [1.82, 2.24) is 4.98 Å². The summed E-state index contributed by atoms with van der Waals surface area (Å²) >= 11 is 0. The highest BCUT2D eigenvalue weighted by Crippen LogP contribution is 2.47. The molecular weight excluding hydrogens is 203 g/mol. The van der Waals surface area contributed by atoms with Crippen LogP contribution >= 0.6 is 0 Å². The van der Waals surface area contributed by atoms with Crippen LogP contribution in [0.15, 0.2) is 18.5 Å². The second-order valence-corrected chi connectivity index (χ2v) is 5.45. The minimum Gasteiger partial charge on any atom is -0.324 e. The highest BCUT2D eigenvalue weighted by atomic mass is 19.1. The zero-order valence-corrected chi connectivity index (χ0v) is 9.91. The van der Waals surface area contributed by atoms with Gasteiger partial charge in [0.15, 0.2) is 0 Å².